The molecule has 0 atom stereocenters. The normalized spacial score (nSPS) is 18.6. The molecular formula is C13H13BrF2O2. The van der Waals surface area contributed by atoms with Crippen LogP contribution >= 0.6 is 15.9 Å². The molecule has 1 aliphatic carbocycles. The molecule has 1 aliphatic rings. The van der Waals surface area contributed by atoms with Gasteiger partial charge in [-0.05, 0) is 34.8 Å². The van der Waals surface area contributed by atoms with E-state index in [0.29, 0.717) is 12.8 Å². The van der Waals surface area contributed by atoms with Crippen LogP contribution in [-0.2, 0) is 10.2 Å². The Morgan fingerprint density at radius 1 is 1.22 bits per heavy atom. The van der Waals surface area contributed by atoms with Gasteiger partial charge >= 0.3 is 5.97 Å². The lowest BCUT2D eigenvalue weighted by molar-refractivity contribution is -0.145. The maximum Gasteiger partial charge on any atom is 0.314 e. The summed E-state index contributed by atoms with van der Waals surface area (Å²) in [5, 5.41) is 9.45. The highest BCUT2D eigenvalue weighted by Crippen LogP contribution is 2.42. The van der Waals surface area contributed by atoms with Crippen molar-refractivity contribution in [2.24, 2.45) is 0 Å². The monoisotopic (exact) mass is 318 g/mol. The van der Waals surface area contributed by atoms with Gasteiger partial charge in [-0.2, -0.15) is 0 Å². The lowest BCUT2D eigenvalue weighted by atomic mass is 9.69. The van der Waals surface area contributed by atoms with Crippen molar-refractivity contribution >= 4 is 21.9 Å². The van der Waals surface area contributed by atoms with Crippen LogP contribution in [0.15, 0.2) is 16.6 Å². The van der Waals surface area contributed by atoms with Crippen LogP contribution in [-0.4, -0.2) is 11.1 Å². The Bertz CT molecular complexity index is 482. The molecule has 1 N–H and O–H groups in total. The van der Waals surface area contributed by atoms with Gasteiger partial charge in [-0.15, -0.1) is 0 Å². The van der Waals surface area contributed by atoms with E-state index >= 15 is 0 Å². The second-order valence-corrected chi connectivity index (χ2v) is 5.46. The third-order valence-corrected chi connectivity index (χ3v) is 4.39. The van der Waals surface area contributed by atoms with E-state index in [2.05, 4.69) is 15.9 Å². The van der Waals surface area contributed by atoms with Gasteiger partial charge in [0.1, 0.15) is 11.6 Å². The number of carboxylic acid groups (broad SMARTS) is 1. The number of hydrogen-bond donors (Lipinski definition) is 1. The highest BCUT2D eigenvalue weighted by atomic mass is 79.9. The fourth-order valence-electron chi connectivity index (χ4n) is 2.65. The largest absolute Gasteiger partial charge is 0.481 e. The second kappa shape index (κ2) is 4.96. The second-order valence-electron chi connectivity index (χ2n) is 4.67. The molecule has 1 saturated carbocycles. The van der Waals surface area contributed by atoms with Crippen molar-refractivity contribution in [3.05, 3.63) is 33.8 Å². The SMILES string of the molecule is O=C(O)C1(c2ccc(F)c(Br)c2F)CCCCC1. The molecule has 2 nitrogen and oxygen atoms in total. The third-order valence-electron chi connectivity index (χ3n) is 3.67. The van der Waals surface area contributed by atoms with E-state index in [1.807, 2.05) is 0 Å². The van der Waals surface area contributed by atoms with Crippen LogP contribution in [0.1, 0.15) is 37.7 Å². The predicted molar refractivity (Wildman–Crippen MR) is 66.5 cm³/mol. The van der Waals surface area contributed by atoms with E-state index < -0.39 is 23.0 Å². The van der Waals surface area contributed by atoms with Crippen molar-refractivity contribution in [3.8, 4) is 0 Å². The number of aliphatic carboxylic acids is 1. The fraction of sp³-hybridized carbons (Fsp3) is 0.462. The summed E-state index contributed by atoms with van der Waals surface area (Å²) in [7, 11) is 0. The topological polar surface area (TPSA) is 37.3 Å². The molecule has 0 radical (unpaired) electrons. The molecule has 0 amide bonds. The highest BCUT2D eigenvalue weighted by Gasteiger charge is 2.43. The lowest BCUT2D eigenvalue weighted by Crippen LogP contribution is -2.38. The van der Waals surface area contributed by atoms with Crippen molar-refractivity contribution in [3.63, 3.8) is 0 Å². The van der Waals surface area contributed by atoms with Gasteiger partial charge < -0.3 is 5.11 Å². The average Bonchev–Trinajstić information content (AvgIpc) is 2.37. The van der Waals surface area contributed by atoms with Gasteiger partial charge in [-0.1, -0.05) is 25.3 Å². The molecular weight excluding hydrogens is 306 g/mol. The first-order valence-corrected chi connectivity index (χ1v) is 6.66. The van der Waals surface area contributed by atoms with Crippen molar-refractivity contribution in [1.29, 1.82) is 0 Å². The summed E-state index contributed by atoms with van der Waals surface area (Å²) < 4.78 is 27.0. The van der Waals surface area contributed by atoms with Crippen LogP contribution in [0, 0.1) is 11.6 Å². The molecule has 0 saturated heterocycles. The van der Waals surface area contributed by atoms with Crippen molar-refractivity contribution < 1.29 is 18.7 Å². The van der Waals surface area contributed by atoms with Crippen molar-refractivity contribution in [1.82, 2.24) is 0 Å². The maximum atomic E-state index is 14.1. The number of carboxylic acids is 1. The number of rotatable bonds is 2. The van der Waals surface area contributed by atoms with Crippen LogP contribution < -0.4 is 0 Å². The Morgan fingerprint density at radius 2 is 1.83 bits per heavy atom. The minimum Gasteiger partial charge on any atom is -0.481 e. The van der Waals surface area contributed by atoms with Crippen LogP contribution in [0.2, 0.25) is 0 Å². The number of halogens is 3. The Kier molecular flexibility index (Phi) is 3.71. The van der Waals surface area contributed by atoms with Crippen LogP contribution in [0.5, 0.6) is 0 Å². The van der Waals surface area contributed by atoms with E-state index in [1.54, 1.807) is 0 Å². The average molecular weight is 319 g/mol. The lowest BCUT2D eigenvalue weighted by Gasteiger charge is -2.34. The summed E-state index contributed by atoms with van der Waals surface area (Å²) in [6, 6.07) is 2.37. The van der Waals surface area contributed by atoms with Gasteiger partial charge in [0, 0.05) is 5.56 Å². The smallest absolute Gasteiger partial charge is 0.314 e. The maximum absolute atomic E-state index is 14.1. The molecule has 0 aliphatic heterocycles. The molecule has 0 spiro atoms. The molecule has 1 fully saturated rings. The molecule has 2 rings (SSSR count). The third kappa shape index (κ3) is 2.05. The van der Waals surface area contributed by atoms with E-state index in [4.69, 9.17) is 0 Å². The number of carbonyl (C=O) groups is 1. The molecule has 0 aromatic heterocycles. The van der Waals surface area contributed by atoms with Crippen molar-refractivity contribution in [2.45, 2.75) is 37.5 Å². The van der Waals surface area contributed by atoms with E-state index in [9.17, 15) is 18.7 Å². The summed E-state index contributed by atoms with van der Waals surface area (Å²) >= 11 is 2.83. The molecule has 18 heavy (non-hydrogen) atoms. The molecule has 0 unspecified atom stereocenters. The first kappa shape index (κ1) is 13.5. The first-order chi connectivity index (χ1) is 8.49. The number of benzene rings is 1. The van der Waals surface area contributed by atoms with Gasteiger partial charge in [0.05, 0.1) is 9.89 Å². The van der Waals surface area contributed by atoms with Gasteiger partial charge in [0.15, 0.2) is 0 Å². The molecule has 98 valence electrons. The zero-order valence-electron chi connectivity index (χ0n) is 9.68. The van der Waals surface area contributed by atoms with Gasteiger partial charge in [-0.3, -0.25) is 4.79 Å². The molecule has 1 aromatic carbocycles. The standard InChI is InChI=1S/C13H13BrF2O2/c14-10-9(15)5-4-8(11(10)16)13(12(17)18)6-2-1-3-7-13/h4-5H,1-3,6-7H2,(H,17,18). The summed E-state index contributed by atoms with van der Waals surface area (Å²) in [4.78, 5) is 11.5. The number of hydrogen-bond acceptors (Lipinski definition) is 1. The fourth-order valence-corrected chi connectivity index (χ4v) is 2.99. The zero-order chi connectivity index (χ0) is 13.3. The van der Waals surface area contributed by atoms with Gasteiger partial charge in [-0.25, -0.2) is 8.78 Å². The van der Waals surface area contributed by atoms with Crippen LogP contribution in [0.25, 0.3) is 0 Å². The first-order valence-electron chi connectivity index (χ1n) is 5.86. The quantitative estimate of drug-likeness (QED) is 0.836. The molecule has 0 heterocycles. The minimum atomic E-state index is -1.21. The zero-order valence-corrected chi connectivity index (χ0v) is 11.3. The summed E-state index contributed by atoms with van der Waals surface area (Å²) in [6.07, 6.45) is 3.26. The molecule has 0 bridgehead atoms. The minimum absolute atomic E-state index is 0.0861. The van der Waals surface area contributed by atoms with E-state index in [0.717, 1.165) is 25.3 Å². The van der Waals surface area contributed by atoms with Crippen molar-refractivity contribution in [2.75, 3.05) is 0 Å². The summed E-state index contributed by atoms with van der Waals surface area (Å²) in [6.45, 7) is 0. The Labute approximate surface area is 112 Å². The van der Waals surface area contributed by atoms with Crippen LogP contribution in [0.3, 0.4) is 0 Å². The van der Waals surface area contributed by atoms with Gasteiger partial charge in [0.2, 0.25) is 0 Å². The van der Waals surface area contributed by atoms with Gasteiger partial charge in [0.25, 0.3) is 0 Å². The van der Waals surface area contributed by atoms with Crippen LogP contribution in [0.4, 0.5) is 8.78 Å². The highest BCUT2D eigenvalue weighted by molar-refractivity contribution is 9.10. The predicted octanol–water partition coefficient (Wildman–Crippen LogP) is 4.01. The Hall–Kier alpha value is -0.970. The molecule has 1 aromatic rings. The Morgan fingerprint density at radius 3 is 2.39 bits per heavy atom. The Balaban J connectivity index is 2.56. The van der Waals surface area contributed by atoms with E-state index in [1.165, 1.54) is 6.07 Å². The molecule has 5 heteroatoms. The summed E-state index contributed by atoms with van der Waals surface area (Å²) in [5.74, 6) is -2.54. The van der Waals surface area contributed by atoms with E-state index in [-0.39, 0.29) is 10.0 Å². The summed E-state index contributed by atoms with van der Waals surface area (Å²) in [5.41, 5.74) is -1.12.